The van der Waals surface area contributed by atoms with E-state index < -0.39 is 16.9 Å². The summed E-state index contributed by atoms with van der Waals surface area (Å²) in [5, 5.41) is 10.8. The van der Waals surface area contributed by atoms with E-state index in [1.807, 2.05) is 43.3 Å². The van der Waals surface area contributed by atoms with Crippen LogP contribution in [0.5, 0.6) is 5.75 Å². The molecular weight excluding hydrogens is 542 g/mol. The normalized spacial score (nSPS) is 14.8. The van der Waals surface area contributed by atoms with Gasteiger partial charge in [0.05, 0.1) is 33.4 Å². The smallest absolute Gasteiger partial charge is 0.338 e. The molecule has 0 saturated heterocycles. The minimum absolute atomic E-state index is 0.0286. The lowest BCUT2D eigenvalue weighted by atomic mass is 9.95. The number of non-ortho nitro benzene ring substituents is 1. The summed E-state index contributed by atoms with van der Waals surface area (Å²) in [5.41, 5.74) is 4.14. The highest BCUT2D eigenvalue weighted by Gasteiger charge is 2.33. The summed E-state index contributed by atoms with van der Waals surface area (Å²) in [6.45, 7) is 5.97. The molecule has 0 aliphatic carbocycles. The number of allylic oxidation sites excluding steroid dienone is 1. The largest absolute Gasteiger partial charge is 0.489 e. The predicted octanol–water partition coefficient (Wildman–Crippen LogP) is 4.59. The average Bonchev–Trinajstić information content (AvgIpc) is 3.26. The van der Waals surface area contributed by atoms with Crippen LogP contribution in [0, 0.1) is 17.0 Å². The Labute approximate surface area is 239 Å². The van der Waals surface area contributed by atoms with Gasteiger partial charge in [0.1, 0.15) is 12.4 Å². The quantitative estimate of drug-likeness (QED) is 0.174. The molecule has 0 amide bonds. The van der Waals surface area contributed by atoms with Gasteiger partial charge in [0.15, 0.2) is 4.80 Å². The molecule has 0 saturated carbocycles. The molecule has 5 rings (SSSR count). The van der Waals surface area contributed by atoms with E-state index in [-0.39, 0.29) is 24.5 Å². The van der Waals surface area contributed by atoms with Gasteiger partial charge in [0, 0.05) is 12.1 Å². The number of ether oxygens (including phenoxy) is 2. The first-order valence-electron chi connectivity index (χ1n) is 13.0. The van der Waals surface area contributed by atoms with Crippen LogP contribution in [0.15, 0.2) is 93.9 Å². The molecule has 1 aliphatic rings. The molecule has 0 spiro atoms. The van der Waals surface area contributed by atoms with Crippen LogP contribution in [-0.4, -0.2) is 22.1 Å². The van der Waals surface area contributed by atoms with E-state index in [4.69, 9.17) is 9.47 Å². The maximum Gasteiger partial charge on any atom is 0.338 e. The molecule has 3 aromatic carbocycles. The lowest BCUT2D eigenvalue weighted by Crippen LogP contribution is -2.39. The fourth-order valence-corrected chi connectivity index (χ4v) is 5.59. The van der Waals surface area contributed by atoms with Gasteiger partial charge >= 0.3 is 5.97 Å². The zero-order valence-electron chi connectivity index (χ0n) is 22.7. The van der Waals surface area contributed by atoms with E-state index in [9.17, 15) is 19.7 Å². The monoisotopic (exact) mass is 569 g/mol. The van der Waals surface area contributed by atoms with Gasteiger partial charge in [-0.3, -0.25) is 19.5 Å². The second kappa shape index (κ2) is 11.7. The molecule has 0 fully saturated rings. The molecule has 9 nitrogen and oxygen atoms in total. The zero-order valence-corrected chi connectivity index (χ0v) is 23.5. The predicted molar refractivity (Wildman–Crippen MR) is 155 cm³/mol. The Morgan fingerprint density at radius 2 is 1.73 bits per heavy atom. The van der Waals surface area contributed by atoms with Crippen molar-refractivity contribution in [3.05, 3.63) is 136 Å². The molecular formula is C31H27N3O6S. The summed E-state index contributed by atoms with van der Waals surface area (Å²) in [6.07, 6.45) is 1.79. The van der Waals surface area contributed by atoms with Crippen molar-refractivity contribution in [2.75, 3.05) is 6.61 Å². The minimum atomic E-state index is -0.650. The van der Waals surface area contributed by atoms with Crippen LogP contribution in [0.1, 0.15) is 42.1 Å². The molecule has 0 bridgehead atoms. The zero-order chi connectivity index (χ0) is 29.1. The van der Waals surface area contributed by atoms with E-state index >= 15 is 0 Å². The second-order valence-electron chi connectivity index (χ2n) is 9.49. The second-order valence-corrected chi connectivity index (χ2v) is 10.5. The first-order chi connectivity index (χ1) is 19.7. The number of aromatic nitrogens is 1. The molecule has 1 aromatic heterocycles. The highest BCUT2D eigenvalue weighted by atomic mass is 32.1. The summed E-state index contributed by atoms with van der Waals surface area (Å²) in [7, 11) is 0. The molecule has 41 heavy (non-hydrogen) atoms. The topological polar surface area (TPSA) is 113 Å². The van der Waals surface area contributed by atoms with E-state index in [0.29, 0.717) is 26.4 Å². The van der Waals surface area contributed by atoms with Crippen molar-refractivity contribution in [2.45, 2.75) is 33.4 Å². The van der Waals surface area contributed by atoms with E-state index in [0.717, 1.165) is 22.3 Å². The van der Waals surface area contributed by atoms with Crippen LogP contribution in [0.3, 0.4) is 0 Å². The molecule has 0 radical (unpaired) electrons. The first-order valence-corrected chi connectivity index (χ1v) is 13.8. The number of nitro benzene ring substituents is 1. The van der Waals surface area contributed by atoms with Crippen molar-refractivity contribution in [1.29, 1.82) is 0 Å². The van der Waals surface area contributed by atoms with Gasteiger partial charge in [-0.2, -0.15) is 0 Å². The van der Waals surface area contributed by atoms with Crippen molar-refractivity contribution in [2.24, 2.45) is 4.99 Å². The summed E-state index contributed by atoms with van der Waals surface area (Å²) in [6, 6.07) is 20.6. The Balaban J connectivity index is 1.44. The van der Waals surface area contributed by atoms with Crippen molar-refractivity contribution in [3.8, 4) is 5.75 Å². The molecule has 2 heterocycles. The first kappa shape index (κ1) is 27.7. The molecule has 0 N–H and O–H groups in total. The van der Waals surface area contributed by atoms with E-state index in [1.165, 1.54) is 23.5 Å². The Kier molecular flexibility index (Phi) is 7.93. The summed E-state index contributed by atoms with van der Waals surface area (Å²) in [5.74, 6) is 0.133. The van der Waals surface area contributed by atoms with Gasteiger partial charge in [-0.15, -0.1) is 0 Å². The Morgan fingerprint density at radius 3 is 2.37 bits per heavy atom. The maximum absolute atomic E-state index is 13.7. The Bertz CT molecular complexity index is 1820. The third-order valence-electron chi connectivity index (χ3n) is 6.64. The minimum Gasteiger partial charge on any atom is -0.489 e. The molecule has 4 aromatic rings. The van der Waals surface area contributed by atoms with Crippen LogP contribution in [0.2, 0.25) is 0 Å². The number of hydrogen-bond acceptors (Lipinski definition) is 8. The van der Waals surface area contributed by atoms with Gasteiger partial charge in [0.25, 0.3) is 11.2 Å². The van der Waals surface area contributed by atoms with Gasteiger partial charge in [-0.25, -0.2) is 9.79 Å². The summed E-state index contributed by atoms with van der Waals surface area (Å²) in [4.78, 5) is 42.2. The molecule has 1 unspecified atom stereocenters. The number of rotatable bonds is 8. The lowest BCUT2D eigenvalue weighted by Gasteiger charge is -2.24. The highest BCUT2D eigenvalue weighted by molar-refractivity contribution is 7.07. The van der Waals surface area contributed by atoms with Crippen LogP contribution >= 0.6 is 11.3 Å². The van der Waals surface area contributed by atoms with Crippen LogP contribution in [0.25, 0.3) is 6.08 Å². The van der Waals surface area contributed by atoms with Gasteiger partial charge in [-0.05, 0) is 67.8 Å². The molecule has 1 aliphatic heterocycles. The number of thiazole rings is 1. The Hall–Kier alpha value is -4.83. The lowest BCUT2D eigenvalue weighted by molar-refractivity contribution is -0.384. The van der Waals surface area contributed by atoms with E-state index in [2.05, 4.69) is 4.99 Å². The van der Waals surface area contributed by atoms with Gasteiger partial charge in [-0.1, -0.05) is 53.3 Å². The molecule has 208 valence electrons. The third-order valence-corrected chi connectivity index (χ3v) is 7.62. The number of carbonyl (C=O) groups excluding carboxylic acids is 1. The number of carbonyl (C=O) groups is 1. The van der Waals surface area contributed by atoms with E-state index in [1.54, 1.807) is 48.8 Å². The number of aryl methyl sites for hydroxylation is 1. The number of hydrogen-bond donors (Lipinski definition) is 0. The SMILES string of the molecule is CCOC(=O)C1=C(C)N=c2s/c(=C/c3ccc(OCc4ccc([N+](=O)[O-])cc4)cc3)c(=O)n2C1c1ccc(C)cc1. The van der Waals surface area contributed by atoms with Crippen molar-refractivity contribution in [1.82, 2.24) is 4.57 Å². The number of nitrogens with zero attached hydrogens (tertiary/aromatic N) is 3. The third kappa shape index (κ3) is 5.87. The summed E-state index contributed by atoms with van der Waals surface area (Å²) >= 11 is 1.27. The highest BCUT2D eigenvalue weighted by Crippen LogP contribution is 2.30. The van der Waals surface area contributed by atoms with Crippen LogP contribution in [0.4, 0.5) is 5.69 Å². The van der Waals surface area contributed by atoms with Crippen LogP contribution < -0.4 is 19.6 Å². The van der Waals surface area contributed by atoms with Crippen molar-refractivity contribution < 1.29 is 19.2 Å². The van der Waals surface area contributed by atoms with Crippen LogP contribution in [-0.2, 0) is 16.1 Å². The van der Waals surface area contributed by atoms with Gasteiger partial charge < -0.3 is 9.47 Å². The van der Waals surface area contributed by atoms with Crippen molar-refractivity contribution in [3.63, 3.8) is 0 Å². The standard InChI is InChI=1S/C31H27N3O6S/c1-4-39-30(36)27-20(3)32-31-33(28(27)23-11-5-19(2)6-12-23)29(35)26(41-31)17-21-9-15-25(16-10-21)40-18-22-7-13-24(14-8-22)34(37)38/h5-17,28H,4,18H2,1-3H3/b26-17+. The number of benzene rings is 3. The molecule has 1 atom stereocenters. The maximum atomic E-state index is 13.7. The van der Waals surface area contributed by atoms with Gasteiger partial charge in [0.2, 0.25) is 0 Å². The molecule has 10 heteroatoms. The van der Waals surface area contributed by atoms with Crippen molar-refractivity contribution >= 4 is 29.1 Å². The average molecular weight is 570 g/mol. The Morgan fingerprint density at radius 1 is 1.05 bits per heavy atom. The fourth-order valence-electron chi connectivity index (χ4n) is 4.55. The number of esters is 1. The summed E-state index contributed by atoms with van der Waals surface area (Å²) < 4.78 is 13.2. The number of fused-ring (bicyclic) bond motifs is 1. The fraction of sp³-hybridized carbons (Fsp3) is 0.194. The number of nitro groups is 1.